The summed E-state index contributed by atoms with van der Waals surface area (Å²) in [5.41, 5.74) is 1.49. The molecule has 0 aromatic heterocycles. The maximum absolute atomic E-state index is 12.0. The zero-order chi connectivity index (χ0) is 11.0. The lowest BCUT2D eigenvalue weighted by molar-refractivity contribution is -0.139. The summed E-state index contributed by atoms with van der Waals surface area (Å²) >= 11 is 3.49. The highest BCUT2D eigenvalue weighted by Gasteiger charge is 2.39. The summed E-state index contributed by atoms with van der Waals surface area (Å²) in [6.07, 6.45) is 0. The summed E-state index contributed by atoms with van der Waals surface area (Å²) in [5, 5.41) is 0. The molecule has 0 saturated heterocycles. The molecular weight excluding hydrogens is 249 g/mol. The molecule has 0 aliphatic carbocycles. The molecule has 0 radical (unpaired) electrons. The second-order valence-corrected chi connectivity index (χ2v) is 8.75. The van der Waals surface area contributed by atoms with Crippen LogP contribution in [0.5, 0.6) is 0 Å². The van der Waals surface area contributed by atoms with Gasteiger partial charge in [-0.15, -0.1) is 22.8 Å². The van der Waals surface area contributed by atoms with E-state index in [4.69, 9.17) is 0 Å². The monoisotopic (exact) mass is 261 g/mol. The first kappa shape index (κ1) is 11.5. The fraction of sp³-hybridized carbons (Fsp3) is 0.556. The van der Waals surface area contributed by atoms with E-state index >= 15 is 0 Å². The number of nitrogens with zero attached hydrogens (tertiary/aromatic N) is 1. The van der Waals surface area contributed by atoms with Crippen LogP contribution >= 0.6 is 29.7 Å². The van der Waals surface area contributed by atoms with Gasteiger partial charge in [0.1, 0.15) is 0 Å². The molecule has 0 atom stereocenters. The number of rotatable bonds is 1. The Bertz CT molecular complexity index is 326. The minimum atomic E-state index is -0.0650. The number of carbonyl (C=O) groups is 2. The fourth-order valence-corrected chi connectivity index (χ4v) is 6.02. The van der Waals surface area contributed by atoms with Crippen LogP contribution in [0.25, 0.3) is 0 Å². The molecule has 0 fully saturated rings. The summed E-state index contributed by atoms with van der Waals surface area (Å²) in [4.78, 5) is 25.3. The van der Waals surface area contributed by atoms with E-state index in [0.29, 0.717) is 11.5 Å². The molecule has 0 aromatic rings. The Morgan fingerprint density at radius 2 is 1.60 bits per heavy atom. The van der Waals surface area contributed by atoms with Crippen molar-refractivity contribution in [1.82, 2.24) is 4.90 Å². The van der Waals surface area contributed by atoms with Crippen molar-refractivity contribution in [2.45, 2.75) is 19.9 Å². The average Bonchev–Trinajstić information content (AvgIpc) is 2.40. The zero-order valence-corrected chi connectivity index (χ0v) is 11.2. The Labute approximate surface area is 98.7 Å². The number of carbonyl (C=O) groups excluding carboxylic acids is 2. The first-order valence-electron chi connectivity index (χ1n) is 4.71. The minimum Gasteiger partial charge on any atom is -0.272 e. The van der Waals surface area contributed by atoms with Gasteiger partial charge in [0, 0.05) is 28.7 Å². The first-order valence-corrected chi connectivity index (χ1v) is 9.13. The van der Waals surface area contributed by atoms with Crippen LogP contribution in [0.2, 0.25) is 0 Å². The molecule has 0 saturated carbocycles. The molecule has 0 bridgehead atoms. The van der Waals surface area contributed by atoms with Crippen LogP contribution in [0.1, 0.15) is 13.8 Å². The largest absolute Gasteiger partial charge is 0.272 e. The van der Waals surface area contributed by atoms with Gasteiger partial charge in [-0.2, -0.15) is 0 Å². The second-order valence-electron chi connectivity index (χ2n) is 3.69. The molecule has 0 unspecified atom stereocenters. The molecule has 2 aliphatic rings. The van der Waals surface area contributed by atoms with E-state index in [1.54, 1.807) is 22.8 Å². The number of imide groups is 1. The van der Waals surface area contributed by atoms with E-state index in [1.807, 2.05) is 13.8 Å². The molecule has 2 amide bonds. The van der Waals surface area contributed by atoms with Crippen LogP contribution in [0, 0.1) is 0 Å². The third-order valence-electron chi connectivity index (χ3n) is 2.39. The molecule has 82 valence electrons. The highest BCUT2D eigenvalue weighted by atomic mass is 33.1. The third kappa shape index (κ3) is 1.97. The summed E-state index contributed by atoms with van der Waals surface area (Å²) in [5.74, 6) is 1.28. The van der Waals surface area contributed by atoms with E-state index in [-0.39, 0.29) is 17.9 Å². The Morgan fingerprint density at radius 3 is 2.00 bits per heavy atom. The lowest BCUT2D eigenvalue weighted by Crippen LogP contribution is -2.38. The van der Waals surface area contributed by atoms with E-state index < -0.39 is 0 Å². The van der Waals surface area contributed by atoms with Gasteiger partial charge in [-0.1, -0.05) is 0 Å². The van der Waals surface area contributed by atoms with Crippen LogP contribution in [-0.2, 0) is 9.59 Å². The highest BCUT2D eigenvalue weighted by Crippen LogP contribution is 2.48. The molecular formula is C9H12NO2PS2. The Morgan fingerprint density at radius 1 is 1.13 bits per heavy atom. The van der Waals surface area contributed by atoms with Crippen molar-refractivity contribution in [3.63, 3.8) is 0 Å². The van der Waals surface area contributed by atoms with Crippen molar-refractivity contribution in [3.8, 4) is 0 Å². The van der Waals surface area contributed by atoms with Crippen LogP contribution in [0.15, 0.2) is 11.1 Å². The summed E-state index contributed by atoms with van der Waals surface area (Å²) < 4.78 is 0. The van der Waals surface area contributed by atoms with Gasteiger partial charge in [0.2, 0.25) is 0 Å². The van der Waals surface area contributed by atoms with E-state index in [1.165, 1.54) is 4.90 Å². The van der Waals surface area contributed by atoms with Gasteiger partial charge in [0.25, 0.3) is 11.8 Å². The second kappa shape index (κ2) is 4.48. The van der Waals surface area contributed by atoms with Crippen LogP contribution in [0.4, 0.5) is 0 Å². The molecule has 6 heteroatoms. The van der Waals surface area contributed by atoms with Crippen molar-refractivity contribution < 1.29 is 9.59 Å². The number of hydrogen-bond donors (Lipinski definition) is 0. The van der Waals surface area contributed by atoms with Gasteiger partial charge < -0.3 is 0 Å². The van der Waals surface area contributed by atoms with Gasteiger partial charge in [-0.25, -0.2) is 0 Å². The standard InChI is InChI=1S/C9H12NO2PS2/c1-5(2)10-8(11)6-3-14-13-15-4-7(6)9(10)12/h5,13H,3-4H2,1-2H3. The topological polar surface area (TPSA) is 37.4 Å². The third-order valence-corrected chi connectivity index (χ3v) is 7.18. The summed E-state index contributed by atoms with van der Waals surface area (Å²) in [6, 6.07) is -0.0330. The average molecular weight is 261 g/mol. The number of amides is 2. The van der Waals surface area contributed by atoms with Crippen LogP contribution in [-0.4, -0.2) is 34.3 Å². The van der Waals surface area contributed by atoms with Crippen molar-refractivity contribution in [2.24, 2.45) is 0 Å². The highest BCUT2D eigenvalue weighted by molar-refractivity contribution is 8.82. The van der Waals surface area contributed by atoms with Crippen LogP contribution in [0.3, 0.4) is 0 Å². The molecule has 2 rings (SSSR count). The Hall–Kier alpha value is 0.01000. The van der Waals surface area contributed by atoms with Gasteiger partial charge in [-0.05, 0) is 20.8 Å². The summed E-state index contributed by atoms with van der Waals surface area (Å²) in [6.45, 7) is 4.50. The van der Waals surface area contributed by atoms with E-state index in [9.17, 15) is 9.59 Å². The smallest absolute Gasteiger partial charge is 0.258 e. The summed E-state index contributed by atoms with van der Waals surface area (Å²) in [7, 11) is 0. The van der Waals surface area contributed by atoms with Gasteiger partial charge in [0.05, 0.1) is 0 Å². The van der Waals surface area contributed by atoms with E-state index in [2.05, 4.69) is 0 Å². The predicted octanol–water partition coefficient (Wildman–Crippen LogP) is 2.05. The fourth-order valence-electron chi connectivity index (χ4n) is 1.65. The lowest BCUT2D eigenvalue weighted by atomic mass is 10.2. The zero-order valence-electron chi connectivity index (χ0n) is 8.57. The Balaban J connectivity index is 2.32. The maximum Gasteiger partial charge on any atom is 0.258 e. The molecule has 2 heterocycles. The quantitative estimate of drug-likeness (QED) is 0.535. The normalized spacial score (nSPS) is 22.5. The van der Waals surface area contributed by atoms with Crippen molar-refractivity contribution >= 4 is 41.6 Å². The first-order chi connectivity index (χ1) is 7.13. The van der Waals surface area contributed by atoms with Crippen molar-refractivity contribution in [2.75, 3.05) is 11.5 Å². The molecule has 15 heavy (non-hydrogen) atoms. The number of hydrogen-bond acceptors (Lipinski definition) is 4. The van der Waals surface area contributed by atoms with Gasteiger partial charge >= 0.3 is 0 Å². The van der Waals surface area contributed by atoms with Gasteiger partial charge in [-0.3, -0.25) is 14.5 Å². The molecule has 0 aromatic carbocycles. The molecule has 0 N–H and O–H groups in total. The van der Waals surface area contributed by atoms with E-state index in [0.717, 1.165) is 18.1 Å². The maximum atomic E-state index is 12.0. The predicted molar refractivity (Wildman–Crippen MR) is 67.2 cm³/mol. The van der Waals surface area contributed by atoms with Crippen molar-refractivity contribution in [3.05, 3.63) is 11.1 Å². The Kier molecular flexibility index (Phi) is 3.43. The van der Waals surface area contributed by atoms with Crippen molar-refractivity contribution in [1.29, 1.82) is 0 Å². The molecule has 0 spiro atoms. The molecule has 2 aliphatic heterocycles. The lowest BCUT2D eigenvalue weighted by Gasteiger charge is -2.19. The molecule has 3 nitrogen and oxygen atoms in total. The van der Waals surface area contributed by atoms with Gasteiger partial charge in [0.15, 0.2) is 0 Å². The SMILES string of the molecule is CC(C)N1C(=O)C2=C(CSPSC2)C1=O. The van der Waals surface area contributed by atoms with Crippen LogP contribution < -0.4 is 0 Å². The minimum absolute atomic E-state index is 0.0330.